The maximum atomic E-state index is 10.7. The summed E-state index contributed by atoms with van der Waals surface area (Å²) in [6.45, 7) is 1.05. The molecule has 0 aliphatic heterocycles. The van der Waals surface area contributed by atoms with Crippen molar-refractivity contribution in [2.24, 2.45) is 0 Å². The van der Waals surface area contributed by atoms with Crippen molar-refractivity contribution in [1.82, 2.24) is 15.1 Å². The summed E-state index contributed by atoms with van der Waals surface area (Å²) < 4.78 is 5.64. The average molecular weight is 293 g/mol. The summed E-state index contributed by atoms with van der Waals surface area (Å²) in [6.07, 6.45) is 2.37. The molecule has 0 radical (unpaired) electrons. The number of aliphatic carboxylic acids is 1. The van der Waals surface area contributed by atoms with Crippen LogP contribution in [-0.4, -0.2) is 38.8 Å². The molecule has 1 aliphatic rings. The van der Waals surface area contributed by atoms with E-state index in [1.165, 1.54) is 0 Å². The molecule has 20 heavy (non-hydrogen) atoms. The van der Waals surface area contributed by atoms with Gasteiger partial charge in [-0.15, -0.1) is 21.5 Å². The fourth-order valence-corrected chi connectivity index (χ4v) is 2.70. The number of aromatic nitrogens is 2. The van der Waals surface area contributed by atoms with Gasteiger partial charge >= 0.3 is 5.97 Å². The molecule has 2 aromatic rings. The summed E-state index contributed by atoms with van der Waals surface area (Å²) in [5, 5.41) is 18.8. The minimum absolute atomic E-state index is 0.141. The number of hydrogen-bond donors (Lipinski definition) is 1. The molecule has 2 aromatic heterocycles. The van der Waals surface area contributed by atoms with Crippen LogP contribution in [0.25, 0.3) is 10.8 Å². The Kier molecular flexibility index (Phi) is 3.79. The molecule has 6 nitrogen and oxygen atoms in total. The third-order valence-electron chi connectivity index (χ3n) is 3.21. The molecule has 1 fully saturated rings. The van der Waals surface area contributed by atoms with Crippen LogP contribution in [0.3, 0.4) is 0 Å². The van der Waals surface area contributed by atoms with Crippen LogP contribution in [0, 0.1) is 0 Å². The molecular weight excluding hydrogens is 278 g/mol. The lowest BCUT2D eigenvalue weighted by atomic mass is 10.3. The zero-order valence-corrected chi connectivity index (χ0v) is 11.7. The molecule has 1 N–H and O–H groups in total. The first-order chi connectivity index (χ1) is 9.72. The summed E-state index contributed by atoms with van der Waals surface area (Å²) in [5.74, 6) is 0.301. The molecule has 1 saturated carbocycles. The Morgan fingerprint density at radius 1 is 1.50 bits per heavy atom. The summed E-state index contributed by atoms with van der Waals surface area (Å²) in [5.41, 5.74) is 0. The van der Waals surface area contributed by atoms with Gasteiger partial charge in [0, 0.05) is 12.6 Å². The second-order valence-electron chi connectivity index (χ2n) is 4.82. The minimum atomic E-state index is -0.777. The van der Waals surface area contributed by atoms with E-state index in [2.05, 4.69) is 15.1 Å². The zero-order chi connectivity index (χ0) is 13.9. The summed E-state index contributed by atoms with van der Waals surface area (Å²) >= 11 is 1.55. The second kappa shape index (κ2) is 5.72. The lowest BCUT2D eigenvalue weighted by Gasteiger charge is -2.18. The predicted molar refractivity (Wildman–Crippen MR) is 73.3 cm³/mol. The monoisotopic (exact) mass is 293 g/mol. The van der Waals surface area contributed by atoms with Gasteiger partial charge in [0.2, 0.25) is 5.89 Å². The van der Waals surface area contributed by atoms with Crippen molar-refractivity contribution in [3.05, 3.63) is 23.4 Å². The molecule has 0 atom stereocenters. The van der Waals surface area contributed by atoms with E-state index >= 15 is 0 Å². The molecule has 106 valence electrons. The van der Waals surface area contributed by atoms with Gasteiger partial charge in [-0.05, 0) is 24.3 Å². The van der Waals surface area contributed by atoms with E-state index in [0.717, 1.165) is 17.7 Å². The van der Waals surface area contributed by atoms with Crippen LogP contribution in [0.1, 0.15) is 25.2 Å². The first-order valence-corrected chi connectivity index (χ1v) is 7.42. The van der Waals surface area contributed by atoms with Gasteiger partial charge in [-0.25, -0.2) is 0 Å². The van der Waals surface area contributed by atoms with Crippen molar-refractivity contribution in [1.29, 1.82) is 0 Å². The van der Waals surface area contributed by atoms with Gasteiger partial charge < -0.3 is 9.52 Å². The van der Waals surface area contributed by atoms with Crippen molar-refractivity contribution < 1.29 is 14.3 Å². The van der Waals surface area contributed by atoms with Crippen molar-refractivity contribution in [2.75, 3.05) is 6.54 Å². The van der Waals surface area contributed by atoms with Crippen LogP contribution in [-0.2, 0) is 11.3 Å². The number of carbonyl (C=O) groups is 1. The fourth-order valence-electron chi connectivity index (χ4n) is 2.06. The first-order valence-electron chi connectivity index (χ1n) is 6.54. The smallest absolute Gasteiger partial charge is 0.304 e. The molecule has 0 spiro atoms. The second-order valence-corrected chi connectivity index (χ2v) is 5.77. The first kappa shape index (κ1) is 13.3. The highest BCUT2D eigenvalue weighted by Gasteiger charge is 2.30. The Balaban J connectivity index is 1.64. The van der Waals surface area contributed by atoms with Gasteiger partial charge in [-0.1, -0.05) is 6.07 Å². The third-order valence-corrected chi connectivity index (χ3v) is 4.07. The van der Waals surface area contributed by atoms with Crippen molar-refractivity contribution in [2.45, 2.75) is 31.8 Å². The molecular formula is C13H15N3O3S. The number of hydrogen-bond acceptors (Lipinski definition) is 6. The Morgan fingerprint density at radius 2 is 2.35 bits per heavy atom. The third kappa shape index (κ3) is 3.23. The van der Waals surface area contributed by atoms with Crippen LogP contribution in [0.15, 0.2) is 21.9 Å². The molecule has 1 aliphatic carbocycles. The van der Waals surface area contributed by atoms with E-state index in [4.69, 9.17) is 9.52 Å². The SMILES string of the molecule is O=C(O)CCN(Cc1nnc(-c2cccs2)o1)C1CC1. The van der Waals surface area contributed by atoms with E-state index in [0.29, 0.717) is 30.9 Å². The highest BCUT2D eigenvalue weighted by atomic mass is 32.1. The summed E-state index contributed by atoms with van der Waals surface area (Å²) in [4.78, 5) is 13.7. The largest absolute Gasteiger partial charge is 0.481 e. The van der Waals surface area contributed by atoms with Crippen LogP contribution in [0.4, 0.5) is 0 Å². The van der Waals surface area contributed by atoms with Crippen LogP contribution in [0.2, 0.25) is 0 Å². The normalized spacial score (nSPS) is 14.8. The lowest BCUT2D eigenvalue weighted by Crippen LogP contribution is -2.28. The van der Waals surface area contributed by atoms with Gasteiger partial charge in [0.1, 0.15) is 0 Å². The van der Waals surface area contributed by atoms with Gasteiger partial charge in [0.15, 0.2) is 0 Å². The van der Waals surface area contributed by atoms with E-state index in [-0.39, 0.29) is 6.42 Å². The molecule has 2 heterocycles. The number of nitrogens with zero attached hydrogens (tertiary/aromatic N) is 3. The van der Waals surface area contributed by atoms with Crippen LogP contribution in [0.5, 0.6) is 0 Å². The van der Waals surface area contributed by atoms with E-state index in [1.807, 2.05) is 17.5 Å². The Morgan fingerprint density at radius 3 is 3.00 bits per heavy atom. The molecule has 7 heteroatoms. The van der Waals surface area contributed by atoms with Gasteiger partial charge in [-0.3, -0.25) is 9.69 Å². The zero-order valence-electron chi connectivity index (χ0n) is 10.9. The molecule has 0 unspecified atom stereocenters. The topological polar surface area (TPSA) is 79.5 Å². The summed E-state index contributed by atoms with van der Waals surface area (Å²) in [6, 6.07) is 4.34. The lowest BCUT2D eigenvalue weighted by molar-refractivity contribution is -0.137. The maximum Gasteiger partial charge on any atom is 0.304 e. The van der Waals surface area contributed by atoms with Gasteiger partial charge in [0.05, 0.1) is 17.8 Å². The number of carboxylic acid groups (broad SMARTS) is 1. The Bertz CT molecular complexity index is 577. The fraction of sp³-hybridized carbons (Fsp3) is 0.462. The predicted octanol–water partition coefficient (Wildman–Crippen LogP) is 2.24. The molecule has 0 aromatic carbocycles. The highest BCUT2D eigenvalue weighted by Crippen LogP contribution is 2.29. The average Bonchev–Trinajstić information content (AvgIpc) is 2.93. The molecule has 0 bridgehead atoms. The molecule has 0 saturated heterocycles. The standard InChI is InChI=1S/C13H15N3O3S/c17-12(18)5-6-16(9-3-4-9)8-11-14-15-13(19-11)10-2-1-7-20-10/h1-2,7,9H,3-6,8H2,(H,17,18). The quantitative estimate of drug-likeness (QED) is 0.843. The highest BCUT2D eigenvalue weighted by molar-refractivity contribution is 7.13. The van der Waals surface area contributed by atoms with Crippen LogP contribution < -0.4 is 0 Å². The van der Waals surface area contributed by atoms with Crippen molar-refractivity contribution >= 4 is 17.3 Å². The van der Waals surface area contributed by atoms with Gasteiger partial charge in [0.25, 0.3) is 5.89 Å². The molecule has 0 amide bonds. The van der Waals surface area contributed by atoms with Gasteiger partial charge in [-0.2, -0.15) is 0 Å². The number of thiophene rings is 1. The van der Waals surface area contributed by atoms with Crippen LogP contribution >= 0.6 is 11.3 Å². The minimum Gasteiger partial charge on any atom is -0.481 e. The number of rotatable bonds is 7. The number of carboxylic acids is 1. The van der Waals surface area contributed by atoms with Crippen molar-refractivity contribution in [3.63, 3.8) is 0 Å². The Labute approximate surface area is 120 Å². The summed E-state index contributed by atoms with van der Waals surface area (Å²) in [7, 11) is 0. The van der Waals surface area contributed by atoms with Crippen molar-refractivity contribution in [3.8, 4) is 10.8 Å². The van der Waals surface area contributed by atoms with E-state index in [1.54, 1.807) is 11.3 Å². The molecule has 3 rings (SSSR count). The van der Waals surface area contributed by atoms with E-state index in [9.17, 15) is 4.79 Å². The maximum absolute atomic E-state index is 10.7. The van der Waals surface area contributed by atoms with E-state index < -0.39 is 5.97 Å². The Hall–Kier alpha value is -1.73.